The third-order valence-electron chi connectivity index (χ3n) is 3.23. The van der Waals surface area contributed by atoms with Crippen LogP contribution in [-0.4, -0.2) is 54.4 Å². The van der Waals surface area contributed by atoms with Gasteiger partial charge >= 0.3 is 12.0 Å². The molecule has 0 spiro atoms. The molecule has 2 amide bonds. The number of amides is 2. The van der Waals surface area contributed by atoms with Crippen molar-refractivity contribution in [2.45, 2.75) is 39.2 Å². The maximum Gasteiger partial charge on any atom is 0.317 e. The van der Waals surface area contributed by atoms with Gasteiger partial charge in [-0.2, -0.15) is 0 Å². The second-order valence-corrected chi connectivity index (χ2v) is 4.99. The number of aliphatic carboxylic acids is 1. The minimum atomic E-state index is -0.852. The molecular formula is C13H24N2O4. The van der Waals surface area contributed by atoms with E-state index in [1.54, 1.807) is 4.90 Å². The number of nitrogens with zero attached hydrogens (tertiary/aromatic N) is 1. The minimum Gasteiger partial charge on any atom is -0.481 e. The van der Waals surface area contributed by atoms with Crippen LogP contribution in [0.3, 0.4) is 0 Å². The van der Waals surface area contributed by atoms with E-state index in [9.17, 15) is 9.59 Å². The van der Waals surface area contributed by atoms with Crippen LogP contribution < -0.4 is 5.32 Å². The molecule has 1 saturated heterocycles. The highest BCUT2D eigenvalue weighted by Gasteiger charge is 2.22. The van der Waals surface area contributed by atoms with E-state index < -0.39 is 11.9 Å². The second kappa shape index (κ2) is 7.99. The topological polar surface area (TPSA) is 78.9 Å². The Kier molecular flexibility index (Phi) is 6.62. The third-order valence-corrected chi connectivity index (χ3v) is 3.23. The molecule has 0 aromatic carbocycles. The van der Waals surface area contributed by atoms with Gasteiger partial charge < -0.3 is 20.1 Å². The standard InChI is InChI=1S/C13H24N2O4/c1-3-5-11(12(16)17)8-14-13(18)15-6-4-7-19-10(2)9-15/h10-11H,3-9H2,1-2H3,(H,14,18)(H,16,17). The molecule has 0 radical (unpaired) electrons. The summed E-state index contributed by atoms with van der Waals surface area (Å²) in [6, 6.07) is -0.195. The van der Waals surface area contributed by atoms with Crippen LogP contribution in [0.4, 0.5) is 4.79 Å². The van der Waals surface area contributed by atoms with Gasteiger partial charge in [0.25, 0.3) is 0 Å². The zero-order chi connectivity index (χ0) is 14.3. The molecule has 2 atom stereocenters. The molecule has 19 heavy (non-hydrogen) atoms. The van der Waals surface area contributed by atoms with E-state index in [1.165, 1.54) is 0 Å². The van der Waals surface area contributed by atoms with E-state index in [0.29, 0.717) is 26.1 Å². The van der Waals surface area contributed by atoms with Crippen molar-refractivity contribution in [1.29, 1.82) is 0 Å². The van der Waals surface area contributed by atoms with Crippen molar-refractivity contribution in [2.75, 3.05) is 26.2 Å². The lowest BCUT2D eigenvalue weighted by Crippen LogP contribution is -2.45. The Bertz CT molecular complexity index is 309. The lowest BCUT2D eigenvalue weighted by molar-refractivity contribution is -0.141. The summed E-state index contributed by atoms with van der Waals surface area (Å²) in [5, 5.41) is 11.7. The first-order chi connectivity index (χ1) is 9.04. The van der Waals surface area contributed by atoms with E-state index in [-0.39, 0.29) is 18.7 Å². The molecule has 2 N–H and O–H groups in total. The quantitative estimate of drug-likeness (QED) is 0.791. The fourth-order valence-corrected chi connectivity index (χ4v) is 2.16. The number of carboxylic acid groups (broad SMARTS) is 1. The van der Waals surface area contributed by atoms with Crippen LogP contribution in [-0.2, 0) is 9.53 Å². The van der Waals surface area contributed by atoms with E-state index in [2.05, 4.69) is 5.32 Å². The number of urea groups is 1. The molecule has 0 bridgehead atoms. The summed E-state index contributed by atoms with van der Waals surface area (Å²) in [6.07, 6.45) is 2.21. The molecular weight excluding hydrogens is 248 g/mol. The highest BCUT2D eigenvalue weighted by Crippen LogP contribution is 2.08. The van der Waals surface area contributed by atoms with E-state index in [4.69, 9.17) is 9.84 Å². The lowest BCUT2D eigenvalue weighted by Gasteiger charge is -2.23. The third kappa shape index (κ3) is 5.46. The molecule has 0 aliphatic carbocycles. The summed E-state index contributed by atoms with van der Waals surface area (Å²) in [7, 11) is 0. The maximum atomic E-state index is 12.0. The molecule has 6 nitrogen and oxygen atoms in total. The Hall–Kier alpha value is -1.30. The summed E-state index contributed by atoms with van der Waals surface area (Å²) >= 11 is 0. The monoisotopic (exact) mass is 272 g/mol. The van der Waals surface area contributed by atoms with Gasteiger partial charge in [-0.05, 0) is 19.8 Å². The van der Waals surface area contributed by atoms with Gasteiger partial charge in [-0.15, -0.1) is 0 Å². The van der Waals surface area contributed by atoms with Crippen molar-refractivity contribution in [3.05, 3.63) is 0 Å². The average molecular weight is 272 g/mol. The SMILES string of the molecule is CCCC(CNC(=O)N1CCCOC(C)C1)C(=O)O. The summed E-state index contributed by atoms with van der Waals surface area (Å²) in [5.74, 6) is -1.36. The van der Waals surface area contributed by atoms with Crippen molar-refractivity contribution in [2.24, 2.45) is 5.92 Å². The molecule has 0 aromatic heterocycles. The van der Waals surface area contributed by atoms with Crippen LogP contribution in [0.5, 0.6) is 0 Å². The number of rotatable bonds is 5. The fraction of sp³-hybridized carbons (Fsp3) is 0.846. The highest BCUT2D eigenvalue weighted by atomic mass is 16.5. The van der Waals surface area contributed by atoms with E-state index in [0.717, 1.165) is 12.8 Å². The molecule has 1 aliphatic heterocycles. The predicted octanol–water partition coefficient (Wildman–Crippen LogP) is 1.31. The van der Waals surface area contributed by atoms with Crippen LogP contribution in [0.25, 0.3) is 0 Å². The average Bonchev–Trinajstić information content (AvgIpc) is 2.58. The van der Waals surface area contributed by atoms with Crippen LogP contribution in [0.15, 0.2) is 0 Å². The largest absolute Gasteiger partial charge is 0.481 e. The van der Waals surface area contributed by atoms with Crippen molar-refractivity contribution in [3.63, 3.8) is 0 Å². The summed E-state index contributed by atoms with van der Waals surface area (Å²) < 4.78 is 5.47. The first kappa shape index (κ1) is 15.8. The molecule has 1 fully saturated rings. The zero-order valence-corrected chi connectivity index (χ0v) is 11.7. The maximum absolute atomic E-state index is 12.0. The van der Waals surface area contributed by atoms with Crippen molar-refractivity contribution < 1.29 is 19.4 Å². The normalized spacial score (nSPS) is 21.6. The second-order valence-electron chi connectivity index (χ2n) is 4.99. The van der Waals surface area contributed by atoms with Gasteiger partial charge in [0.15, 0.2) is 0 Å². The molecule has 0 aromatic rings. The number of carbonyl (C=O) groups excluding carboxylic acids is 1. The van der Waals surface area contributed by atoms with Crippen molar-refractivity contribution in [3.8, 4) is 0 Å². The van der Waals surface area contributed by atoms with Gasteiger partial charge in [0.1, 0.15) is 0 Å². The number of hydrogen-bond donors (Lipinski definition) is 2. The van der Waals surface area contributed by atoms with Gasteiger partial charge in [0.05, 0.1) is 12.0 Å². The van der Waals surface area contributed by atoms with Crippen LogP contribution in [0.2, 0.25) is 0 Å². The minimum absolute atomic E-state index is 0.0270. The van der Waals surface area contributed by atoms with Gasteiger partial charge in [-0.3, -0.25) is 4.79 Å². The Morgan fingerprint density at radius 1 is 1.53 bits per heavy atom. The Morgan fingerprint density at radius 2 is 2.26 bits per heavy atom. The molecule has 6 heteroatoms. The molecule has 0 saturated carbocycles. The smallest absolute Gasteiger partial charge is 0.317 e. The Morgan fingerprint density at radius 3 is 2.89 bits per heavy atom. The first-order valence-corrected chi connectivity index (χ1v) is 6.91. The Balaban J connectivity index is 2.42. The zero-order valence-electron chi connectivity index (χ0n) is 11.7. The predicted molar refractivity (Wildman–Crippen MR) is 71.0 cm³/mol. The van der Waals surface area contributed by atoms with Gasteiger partial charge in [-0.1, -0.05) is 13.3 Å². The van der Waals surface area contributed by atoms with E-state index in [1.807, 2.05) is 13.8 Å². The molecule has 110 valence electrons. The molecule has 2 unspecified atom stereocenters. The molecule has 1 aliphatic rings. The summed E-state index contributed by atoms with van der Waals surface area (Å²) in [4.78, 5) is 24.7. The van der Waals surface area contributed by atoms with Gasteiger partial charge in [0, 0.05) is 26.2 Å². The van der Waals surface area contributed by atoms with E-state index >= 15 is 0 Å². The van der Waals surface area contributed by atoms with Crippen LogP contribution in [0.1, 0.15) is 33.1 Å². The molecule has 1 heterocycles. The van der Waals surface area contributed by atoms with Crippen molar-refractivity contribution in [1.82, 2.24) is 10.2 Å². The number of hydrogen-bond acceptors (Lipinski definition) is 3. The lowest BCUT2D eigenvalue weighted by atomic mass is 10.0. The molecule has 1 rings (SSSR count). The summed E-state index contributed by atoms with van der Waals surface area (Å²) in [5.41, 5.74) is 0. The van der Waals surface area contributed by atoms with Crippen molar-refractivity contribution >= 4 is 12.0 Å². The number of ether oxygens (including phenoxy) is 1. The highest BCUT2D eigenvalue weighted by molar-refractivity contribution is 5.76. The summed E-state index contributed by atoms with van der Waals surface area (Å²) in [6.45, 7) is 5.93. The van der Waals surface area contributed by atoms with Gasteiger partial charge in [0.2, 0.25) is 0 Å². The number of carboxylic acids is 1. The van der Waals surface area contributed by atoms with Gasteiger partial charge in [-0.25, -0.2) is 4.79 Å². The van der Waals surface area contributed by atoms with Crippen LogP contribution in [0, 0.1) is 5.92 Å². The Labute approximate surface area is 114 Å². The van der Waals surface area contributed by atoms with Crippen LogP contribution >= 0.6 is 0 Å². The number of carbonyl (C=O) groups is 2. The first-order valence-electron chi connectivity index (χ1n) is 6.91. The fourth-order valence-electron chi connectivity index (χ4n) is 2.16. The number of nitrogens with one attached hydrogen (secondary N) is 1.